The first-order valence-electron chi connectivity index (χ1n) is 6.72. The van der Waals surface area contributed by atoms with Crippen LogP contribution < -0.4 is 0 Å². The highest BCUT2D eigenvalue weighted by atomic mass is 14.5. The summed E-state index contributed by atoms with van der Waals surface area (Å²) in [6, 6.07) is 0. The van der Waals surface area contributed by atoms with Crippen LogP contribution in [0.1, 0.15) is 66.2 Å². The van der Waals surface area contributed by atoms with Crippen LogP contribution in [-0.4, -0.2) is 0 Å². The summed E-state index contributed by atoms with van der Waals surface area (Å²) in [5, 5.41) is 0. The average molecular weight is 206 g/mol. The van der Waals surface area contributed by atoms with Gasteiger partial charge in [-0.25, -0.2) is 0 Å². The molecule has 1 saturated carbocycles. The lowest BCUT2D eigenvalue weighted by Gasteiger charge is -2.53. The maximum Gasteiger partial charge on any atom is -0.00855 e. The zero-order chi connectivity index (χ0) is 11.1. The standard InChI is InChI=1S/C15H26/c1-5-14(3)11-9-13-8-6-7-10-15(13,4)12(14)2/h9,12H,5-8,10-11H2,1-4H3. The number of allylic oxidation sites excluding steroid dienone is 2. The van der Waals surface area contributed by atoms with Gasteiger partial charge in [0, 0.05) is 0 Å². The summed E-state index contributed by atoms with van der Waals surface area (Å²) >= 11 is 0. The largest absolute Gasteiger partial charge is 0.0842 e. The monoisotopic (exact) mass is 206 g/mol. The molecule has 0 heteroatoms. The fraction of sp³-hybridized carbons (Fsp3) is 0.867. The predicted octanol–water partition coefficient (Wildman–Crippen LogP) is 4.95. The number of fused-ring (bicyclic) bond motifs is 1. The van der Waals surface area contributed by atoms with E-state index < -0.39 is 0 Å². The highest BCUT2D eigenvalue weighted by molar-refractivity contribution is 5.23. The molecule has 0 aromatic rings. The highest BCUT2D eigenvalue weighted by Crippen LogP contribution is 2.57. The van der Waals surface area contributed by atoms with Gasteiger partial charge in [-0.3, -0.25) is 0 Å². The second-order valence-electron chi connectivity index (χ2n) is 6.29. The van der Waals surface area contributed by atoms with Gasteiger partial charge in [-0.2, -0.15) is 0 Å². The van der Waals surface area contributed by atoms with Crippen molar-refractivity contribution in [2.24, 2.45) is 16.7 Å². The Balaban J connectivity index is 2.35. The first-order chi connectivity index (χ1) is 7.03. The lowest BCUT2D eigenvalue weighted by atomic mass is 9.52. The van der Waals surface area contributed by atoms with Gasteiger partial charge in [0.25, 0.3) is 0 Å². The van der Waals surface area contributed by atoms with Crippen LogP contribution in [0.15, 0.2) is 11.6 Å². The Morgan fingerprint density at radius 1 is 1.33 bits per heavy atom. The van der Waals surface area contributed by atoms with E-state index in [4.69, 9.17) is 0 Å². The topological polar surface area (TPSA) is 0 Å². The Bertz CT molecular complexity index is 276. The van der Waals surface area contributed by atoms with Gasteiger partial charge in [-0.1, -0.05) is 52.2 Å². The molecular weight excluding hydrogens is 180 g/mol. The zero-order valence-electron chi connectivity index (χ0n) is 10.9. The molecule has 0 aliphatic heterocycles. The van der Waals surface area contributed by atoms with Gasteiger partial charge >= 0.3 is 0 Å². The van der Waals surface area contributed by atoms with Crippen molar-refractivity contribution < 1.29 is 0 Å². The Labute approximate surface area is 95.1 Å². The van der Waals surface area contributed by atoms with E-state index in [-0.39, 0.29) is 0 Å². The predicted molar refractivity (Wildman–Crippen MR) is 66.8 cm³/mol. The summed E-state index contributed by atoms with van der Waals surface area (Å²) < 4.78 is 0. The first-order valence-corrected chi connectivity index (χ1v) is 6.72. The van der Waals surface area contributed by atoms with E-state index in [1.165, 1.54) is 38.5 Å². The molecule has 0 nitrogen and oxygen atoms in total. The minimum Gasteiger partial charge on any atom is -0.0842 e. The van der Waals surface area contributed by atoms with Gasteiger partial charge in [-0.05, 0) is 42.4 Å². The van der Waals surface area contributed by atoms with E-state index >= 15 is 0 Å². The van der Waals surface area contributed by atoms with Gasteiger partial charge in [0.2, 0.25) is 0 Å². The molecule has 0 radical (unpaired) electrons. The third-order valence-electron chi connectivity index (χ3n) is 5.75. The number of hydrogen-bond acceptors (Lipinski definition) is 0. The minimum absolute atomic E-state index is 0.529. The molecule has 0 heterocycles. The molecule has 0 spiro atoms. The molecule has 86 valence electrons. The summed E-state index contributed by atoms with van der Waals surface area (Å²) in [5.74, 6) is 0.857. The fourth-order valence-electron chi connectivity index (χ4n) is 3.84. The van der Waals surface area contributed by atoms with Crippen LogP contribution in [0.2, 0.25) is 0 Å². The smallest absolute Gasteiger partial charge is 0.00855 e. The summed E-state index contributed by atoms with van der Waals surface area (Å²) in [6.45, 7) is 9.88. The molecule has 0 aromatic carbocycles. The van der Waals surface area contributed by atoms with Crippen molar-refractivity contribution in [2.45, 2.75) is 66.2 Å². The maximum absolute atomic E-state index is 2.59. The van der Waals surface area contributed by atoms with Crippen molar-refractivity contribution >= 4 is 0 Å². The molecule has 0 N–H and O–H groups in total. The number of hydrogen-bond donors (Lipinski definition) is 0. The van der Waals surface area contributed by atoms with Crippen LogP contribution in [0.5, 0.6) is 0 Å². The fourth-order valence-corrected chi connectivity index (χ4v) is 3.84. The third kappa shape index (κ3) is 1.57. The Morgan fingerprint density at radius 2 is 2.07 bits per heavy atom. The molecule has 0 aromatic heterocycles. The van der Waals surface area contributed by atoms with E-state index in [9.17, 15) is 0 Å². The Kier molecular flexibility index (Phi) is 2.73. The van der Waals surface area contributed by atoms with Gasteiger partial charge in [-0.15, -0.1) is 0 Å². The summed E-state index contributed by atoms with van der Waals surface area (Å²) in [6.07, 6.45) is 10.9. The molecule has 0 bridgehead atoms. The van der Waals surface area contributed by atoms with Crippen LogP contribution in [0.25, 0.3) is 0 Å². The second kappa shape index (κ2) is 3.64. The summed E-state index contributed by atoms with van der Waals surface area (Å²) in [5.41, 5.74) is 2.86. The zero-order valence-corrected chi connectivity index (χ0v) is 10.9. The molecule has 3 atom stereocenters. The van der Waals surface area contributed by atoms with Crippen LogP contribution in [0.4, 0.5) is 0 Å². The van der Waals surface area contributed by atoms with E-state index in [1.807, 2.05) is 0 Å². The van der Waals surface area contributed by atoms with E-state index in [1.54, 1.807) is 5.57 Å². The van der Waals surface area contributed by atoms with E-state index in [0.29, 0.717) is 10.8 Å². The van der Waals surface area contributed by atoms with Crippen molar-refractivity contribution in [1.29, 1.82) is 0 Å². The summed E-state index contributed by atoms with van der Waals surface area (Å²) in [7, 11) is 0. The summed E-state index contributed by atoms with van der Waals surface area (Å²) in [4.78, 5) is 0. The molecule has 0 amide bonds. The van der Waals surface area contributed by atoms with Crippen molar-refractivity contribution in [2.75, 3.05) is 0 Å². The molecule has 1 fully saturated rings. The van der Waals surface area contributed by atoms with Crippen LogP contribution >= 0.6 is 0 Å². The lowest BCUT2D eigenvalue weighted by molar-refractivity contribution is 0.0489. The van der Waals surface area contributed by atoms with Gasteiger partial charge in [0.15, 0.2) is 0 Å². The molecule has 3 unspecified atom stereocenters. The van der Waals surface area contributed by atoms with Crippen LogP contribution in [-0.2, 0) is 0 Å². The van der Waals surface area contributed by atoms with Crippen molar-refractivity contribution in [3.05, 3.63) is 11.6 Å². The van der Waals surface area contributed by atoms with E-state index in [2.05, 4.69) is 33.8 Å². The number of rotatable bonds is 1. The quantitative estimate of drug-likeness (QED) is 0.532. The van der Waals surface area contributed by atoms with Gasteiger partial charge in [0.05, 0.1) is 0 Å². The third-order valence-corrected chi connectivity index (χ3v) is 5.75. The SMILES string of the molecule is CCC1(C)CC=C2CCCCC2(C)C1C. The Morgan fingerprint density at radius 3 is 2.73 bits per heavy atom. The van der Waals surface area contributed by atoms with Crippen molar-refractivity contribution in [3.63, 3.8) is 0 Å². The molecule has 2 aliphatic carbocycles. The molecule has 0 saturated heterocycles. The minimum atomic E-state index is 0.529. The van der Waals surface area contributed by atoms with Gasteiger partial charge in [0.1, 0.15) is 0 Å². The second-order valence-corrected chi connectivity index (χ2v) is 6.29. The Hall–Kier alpha value is -0.260. The normalized spacial score (nSPS) is 45.9. The van der Waals surface area contributed by atoms with E-state index in [0.717, 1.165) is 5.92 Å². The van der Waals surface area contributed by atoms with Crippen molar-refractivity contribution in [3.8, 4) is 0 Å². The molecular formula is C15H26. The maximum atomic E-state index is 2.59. The lowest BCUT2D eigenvalue weighted by Crippen LogP contribution is -2.43. The van der Waals surface area contributed by atoms with Gasteiger partial charge < -0.3 is 0 Å². The van der Waals surface area contributed by atoms with Crippen LogP contribution in [0.3, 0.4) is 0 Å². The molecule has 2 rings (SSSR count). The van der Waals surface area contributed by atoms with Crippen molar-refractivity contribution in [1.82, 2.24) is 0 Å². The van der Waals surface area contributed by atoms with Crippen LogP contribution in [0, 0.1) is 16.7 Å². The first kappa shape index (κ1) is 11.2. The average Bonchev–Trinajstić information content (AvgIpc) is 2.25. The molecule has 2 aliphatic rings. The highest BCUT2D eigenvalue weighted by Gasteiger charge is 2.47. The molecule has 15 heavy (non-hydrogen) atoms.